The summed E-state index contributed by atoms with van der Waals surface area (Å²) in [6.45, 7) is 19.6. The maximum absolute atomic E-state index is 15.7. The lowest BCUT2D eigenvalue weighted by atomic mass is 10.0. The smallest absolute Gasteiger partial charge is 0.352 e. The van der Waals surface area contributed by atoms with E-state index < -0.39 is 176 Å². The highest BCUT2D eigenvalue weighted by molar-refractivity contribution is 7.58. The van der Waals surface area contributed by atoms with Gasteiger partial charge >= 0.3 is 41.8 Å². The van der Waals surface area contributed by atoms with Gasteiger partial charge in [0.25, 0.3) is 28.8 Å². The van der Waals surface area contributed by atoms with Crippen LogP contribution in [0, 0.1) is 19.8 Å². The molecule has 0 radical (unpaired) electrons. The third-order valence-corrected chi connectivity index (χ3v) is 28.2. The number of aryl methyl sites for hydroxylation is 2. The van der Waals surface area contributed by atoms with Crippen molar-refractivity contribution >= 4 is 99.0 Å². The fourth-order valence-corrected chi connectivity index (χ4v) is 20.1. The normalized spacial score (nSPS) is 25.3. The summed E-state index contributed by atoms with van der Waals surface area (Å²) in [6.07, 6.45) is -5.28. The summed E-state index contributed by atoms with van der Waals surface area (Å²) >= 11 is 0. The van der Waals surface area contributed by atoms with Gasteiger partial charge in [0.2, 0.25) is 0 Å². The molecule has 0 spiro atoms. The summed E-state index contributed by atoms with van der Waals surface area (Å²) < 4.78 is 151. The lowest BCUT2D eigenvalue weighted by molar-refractivity contribution is -0.0522. The first-order chi connectivity index (χ1) is 61.6. The van der Waals surface area contributed by atoms with Gasteiger partial charge in [-0.2, -0.15) is 0 Å². The summed E-state index contributed by atoms with van der Waals surface area (Å²) in [6, 6.07) is 25.2. The fourth-order valence-electron chi connectivity index (χ4n) is 15.3. The molecule has 0 aliphatic carbocycles. The van der Waals surface area contributed by atoms with Crippen LogP contribution in [-0.2, 0) is 78.1 Å². The van der Waals surface area contributed by atoms with Gasteiger partial charge in [0, 0.05) is 89.2 Å². The number of carbonyl (C=O) groups excluding carboxylic acids is 3. The zero-order valence-corrected chi connectivity index (χ0v) is 72.6. The van der Waals surface area contributed by atoms with Crippen LogP contribution in [0.4, 0.5) is 17.5 Å². The van der Waals surface area contributed by atoms with Crippen molar-refractivity contribution in [1.82, 2.24) is 77.7 Å². The van der Waals surface area contributed by atoms with Crippen LogP contribution in [0.2, 0.25) is 0 Å². The highest BCUT2D eigenvalue weighted by Gasteiger charge is 2.50. The molecule has 43 nitrogen and oxygen atoms in total. The zero-order valence-electron chi connectivity index (χ0n) is 69.0. The van der Waals surface area contributed by atoms with Gasteiger partial charge in [0.15, 0.2) is 50.9 Å². The second kappa shape index (κ2) is 38.0. The van der Waals surface area contributed by atoms with E-state index in [0.717, 1.165) is 27.8 Å². The quantitative estimate of drug-likeness (QED) is 0.0228. The third-order valence-electron chi connectivity index (χ3n) is 22.1. The highest BCUT2D eigenvalue weighted by atomic mass is 31.2. The molecular weight excluding hydrogens is 1750 g/mol. The average Bonchev–Trinajstić information content (AvgIpc) is 1.61. The molecule has 3 amide bonds. The van der Waals surface area contributed by atoms with Crippen molar-refractivity contribution in [1.29, 1.82) is 0 Å². The lowest BCUT2D eigenvalue weighted by Crippen LogP contribution is -2.33. The maximum atomic E-state index is 15.7. The molecule has 5 aliphatic rings. The van der Waals surface area contributed by atoms with Gasteiger partial charge in [-0.15, -0.1) is 0 Å². The molecule has 128 heavy (non-hydrogen) atoms. The van der Waals surface area contributed by atoms with E-state index in [1.165, 1.54) is 71.0 Å². The van der Waals surface area contributed by atoms with E-state index in [2.05, 4.69) is 97.1 Å². The number of nitrogens with zero attached hydrogens (tertiary/aromatic N) is 14. The predicted octanol–water partition coefficient (Wildman–Crippen LogP) is 11.4. The molecule has 47 heteroatoms. The molecule has 13 heterocycles. The summed E-state index contributed by atoms with van der Waals surface area (Å²) in [4.78, 5) is 136. The minimum absolute atomic E-state index is 0.0248. The van der Waals surface area contributed by atoms with E-state index in [-0.39, 0.29) is 94.6 Å². The number of carbonyl (C=O) groups is 3. The summed E-state index contributed by atoms with van der Waals surface area (Å²) in [7, 11) is -18.3. The number of imidazole rings is 3. The molecule has 5 aliphatic heterocycles. The molecule has 670 valence electrons. The number of benzene rings is 3. The number of aromatic amines is 2. The monoisotopic (exact) mass is 1830 g/mol. The topological polar surface area (TPSA) is 516 Å². The van der Waals surface area contributed by atoms with Crippen LogP contribution in [-0.4, -0.2) is 177 Å². The van der Waals surface area contributed by atoms with E-state index in [4.69, 9.17) is 59.9 Å². The Morgan fingerprint density at radius 2 is 0.695 bits per heavy atom. The Bertz CT molecular complexity index is 6510. The lowest BCUT2D eigenvalue weighted by Gasteiger charge is -2.28. The molecule has 3 aromatic carbocycles. The predicted molar refractivity (Wildman–Crippen MR) is 458 cm³/mol. The van der Waals surface area contributed by atoms with Gasteiger partial charge < -0.3 is 57.7 Å². The van der Waals surface area contributed by atoms with Crippen LogP contribution in [0.25, 0.3) is 33.5 Å². The Balaban J connectivity index is 0.654. The second-order valence-corrected chi connectivity index (χ2v) is 38.1. The number of H-pyrrole nitrogens is 2. The molecule has 5 saturated heterocycles. The Morgan fingerprint density at radius 1 is 0.414 bits per heavy atom. The molecule has 0 bridgehead atoms. The van der Waals surface area contributed by atoms with Gasteiger partial charge in [-0.25, -0.2) is 54.4 Å². The second-order valence-electron chi connectivity index (χ2n) is 30.4. The van der Waals surface area contributed by atoms with Gasteiger partial charge in [0.05, 0.1) is 63.7 Å². The Morgan fingerprint density at radius 3 is 1.01 bits per heavy atom. The van der Waals surface area contributed by atoms with Crippen molar-refractivity contribution in [2.24, 2.45) is 5.92 Å². The Kier molecular flexibility index (Phi) is 26.7. The van der Waals surface area contributed by atoms with Crippen LogP contribution in [0.3, 0.4) is 0 Å². The molecule has 18 unspecified atom stereocenters. The van der Waals surface area contributed by atoms with Crippen molar-refractivity contribution in [2.45, 2.75) is 152 Å². The standard InChI is InChI=1S/C81H87N19O24P4/c1-9-52-53(30-63(116-52)98-43-88-66-69(82-40-85-72(66)98)91-77(103)49-23-17-14-18-24-49)121-126(109,11-3)113-37-58-54(31-62(118-58)97-35-48(8)76(102)95-81(97)107)122-127(110,12-4)114-39-60-56(33-65(120-60)100-45-90-68-71(84-42-87-74(68)100)93-79(105)51-27-21-16-22-28-51)124-128(111,13-5)115-38-59-55(123-125(108,10-2)112-36-57-46(6)29-61(117-57)96-34-47(7)75(101)94-80(96)106)32-64(119-59)99-44-89-67-70(83-41-86-73(67)99)92-78(104)50-25-19-15-20-26-50/h10-28,34-35,40-46,52-65H,2-5,9,29-33,36-39H2,1,6-8H3,(H,94,101,106)(H,95,102,107)(H,82,85,91,103)(H,83,86,92,104)(H,84,87,93,105)/t46?,52?,53?,54-,55?,56?,57?,58?,59?,60?,61?,62?,63?,64?,65?,125?,126?,127?,128?/m0/s1. The van der Waals surface area contributed by atoms with Crippen LogP contribution < -0.4 is 38.4 Å². The number of amides is 3. The van der Waals surface area contributed by atoms with Crippen molar-refractivity contribution < 1.29 is 92.5 Å². The van der Waals surface area contributed by atoms with Gasteiger partial charge in [-0.05, 0) is 69.0 Å². The van der Waals surface area contributed by atoms with Crippen molar-refractivity contribution in [3.8, 4) is 0 Å². The number of fused-ring (bicyclic) bond motifs is 3. The first-order valence-corrected chi connectivity index (χ1v) is 46.9. The molecule has 19 atom stereocenters. The average molecular weight is 1830 g/mol. The van der Waals surface area contributed by atoms with Crippen molar-refractivity contribution in [3.05, 3.63) is 260 Å². The van der Waals surface area contributed by atoms with Gasteiger partial charge in [-0.3, -0.25) is 93.1 Å². The Labute approximate surface area is 726 Å². The van der Waals surface area contributed by atoms with Crippen molar-refractivity contribution in [3.63, 3.8) is 0 Å². The van der Waals surface area contributed by atoms with Gasteiger partial charge in [0.1, 0.15) is 86.7 Å². The number of hydrogen-bond donors (Lipinski definition) is 5. The minimum atomic E-state index is -4.73. The number of rotatable bonds is 36. The molecular formula is C81H87N19O24P4. The fraction of sp³-hybridized carbons (Fsp3) is 0.358. The first-order valence-electron chi connectivity index (χ1n) is 40.4. The van der Waals surface area contributed by atoms with Crippen LogP contribution in [0.5, 0.6) is 0 Å². The maximum Gasteiger partial charge on any atom is 0.354 e. The SMILES string of the molecule is C=CP(=O)(OCC1OC(n2cc(C)c(=O)[nH]c2=O)C[C@@H]1OP(=O)(C=C)OCC1OC(n2cnc3c(NC(=O)c4ccccc4)ncnc32)CC1OP(=O)(C=C)OCC1OC(n2cnc3c(NC(=O)c4ccccc4)ncnc32)CC1OP(=O)(C=C)OCC1OC(n2cc(C)c(=O)[nH]c2=O)CC1C)OC1CC(n2cnc3c(NC(=O)c4ccccc4)ncnc32)OC1CC. The molecule has 16 rings (SSSR count). The summed E-state index contributed by atoms with van der Waals surface area (Å²) in [5.74, 6) is 2.28. The van der Waals surface area contributed by atoms with Crippen molar-refractivity contribution in [2.75, 3.05) is 42.4 Å². The third kappa shape index (κ3) is 19.4. The summed E-state index contributed by atoms with van der Waals surface area (Å²) in [5.41, 5.74) is -0.262. The number of aromatic nitrogens is 16. The molecule has 11 aromatic rings. The van der Waals surface area contributed by atoms with E-state index in [1.807, 2.05) is 13.8 Å². The van der Waals surface area contributed by atoms with E-state index in [0.29, 0.717) is 35.2 Å². The number of nitrogens with one attached hydrogen (secondary N) is 5. The number of anilines is 3. The van der Waals surface area contributed by atoms with E-state index in [9.17, 15) is 38.1 Å². The minimum Gasteiger partial charge on any atom is -0.352 e. The van der Waals surface area contributed by atoms with Gasteiger partial charge in [-0.1, -0.05) is 94.8 Å². The van der Waals surface area contributed by atoms with Crippen LogP contribution >= 0.6 is 30.4 Å². The highest BCUT2D eigenvalue weighted by Crippen LogP contribution is 2.60. The number of hydrogen-bond acceptors (Lipinski definition) is 33. The Hall–Kier alpha value is -11.6. The van der Waals surface area contributed by atoms with Crippen LogP contribution in [0.15, 0.2) is 210 Å². The number of ether oxygens (including phenoxy) is 5. The summed E-state index contributed by atoms with van der Waals surface area (Å²) in [5, 5.41) is 8.34. The molecule has 8 aromatic heterocycles. The first kappa shape index (κ1) is 89.8. The van der Waals surface area contributed by atoms with Crippen LogP contribution in [0.1, 0.15) is 126 Å². The van der Waals surface area contributed by atoms with E-state index in [1.54, 1.807) is 102 Å². The zero-order chi connectivity index (χ0) is 89.9. The largest absolute Gasteiger partial charge is 0.354 e. The van der Waals surface area contributed by atoms with E-state index >= 15 is 13.7 Å². The molecule has 5 fully saturated rings. The molecule has 0 saturated carbocycles. The molecule has 5 N–H and O–H groups in total.